The molecule has 18 heavy (non-hydrogen) atoms. The second-order valence-electron chi connectivity index (χ2n) is 4.45. The highest BCUT2D eigenvalue weighted by Crippen LogP contribution is 2.19. The van der Waals surface area contributed by atoms with Gasteiger partial charge in [-0.15, -0.1) is 0 Å². The van der Waals surface area contributed by atoms with Gasteiger partial charge in [0.1, 0.15) is 11.0 Å². The monoisotopic (exact) mass is 265 g/mol. The Kier molecular flexibility index (Phi) is 3.93. The van der Waals surface area contributed by atoms with Crippen LogP contribution >= 0.6 is 11.6 Å². The number of nitrogens with zero attached hydrogens (tertiary/aromatic N) is 5. The lowest BCUT2D eigenvalue weighted by Gasteiger charge is -2.09. The first kappa shape index (κ1) is 13.0. The van der Waals surface area contributed by atoms with Crippen molar-refractivity contribution in [3.8, 4) is 11.3 Å². The van der Waals surface area contributed by atoms with Gasteiger partial charge in [0.15, 0.2) is 0 Å². The Morgan fingerprint density at radius 2 is 2.11 bits per heavy atom. The van der Waals surface area contributed by atoms with Crippen LogP contribution in [0.1, 0.15) is 5.82 Å². The van der Waals surface area contributed by atoms with E-state index in [-0.39, 0.29) is 0 Å². The fourth-order valence-corrected chi connectivity index (χ4v) is 1.80. The topological polar surface area (TPSA) is 46.8 Å². The molecule has 0 aliphatic carbocycles. The van der Waals surface area contributed by atoms with E-state index in [1.807, 2.05) is 27.3 Å². The van der Waals surface area contributed by atoms with E-state index in [4.69, 9.17) is 11.6 Å². The molecule has 0 atom stereocenters. The quantitative estimate of drug-likeness (QED) is 0.789. The molecule has 0 amide bonds. The summed E-state index contributed by atoms with van der Waals surface area (Å²) in [5.41, 5.74) is 1.77. The standard InChI is InChI=1S/C12H16ClN5/c1-17(2)5-4-12-15-10(6-11(13)16-12)9-7-14-18(3)8-9/h6-8H,4-5H2,1-3H3. The molecule has 0 saturated heterocycles. The van der Waals surface area contributed by atoms with E-state index in [1.54, 1.807) is 16.9 Å². The summed E-state index contributed by atoms with van der Waals surface area (Å²) in [5.74, 6) is 0.759. The summed E-state index contributed by atoms with van der Waals surface area (Å²) in [6.45, 7) is 0.896. The second-order valence-corrected chi connectivity index (χ2v) is 4.84. The molecule has 0 spiro atoms. The Morgan fingerprint density at radius 3 is 2.72 bits per heavy atom. The van der Waals surface area contributed by atoms with Crippen LogP contribution < -0.4 is 0 Å². The van der Waals surface area contributed by atoms with Crippen LogP contribution in [-0.2, 0) is 13.5 Å². The van der Waals surface area contributed by atoms with Gasteiger partial charge in [-0.3, -0.25) is 4.68 Å². The Morgan fingerprint density at radius 1 is 1.33 bits per heavy atom. The molecule has 0 unspecified atom stereocenters. The van der Waals surface area contributed by atoms with Gasteiger partial charge in [0.05, 0.1) is 11.9 Å². The van der Waals surface area contributed by atoms with Crippen molar-refractivity contribution in [3.05, 3.63) is 29.4 Å². The minimum atomic E-state index is 0.470. The van der Waals surface area contributed by atoms with Crippen LogP contribution in [0.3, 0.4) is 0 Å². The highest BCUT2D eigenvalue weighted by molar-refractivity contribution is 6.29. The molecule has 0 saturated carbocycles. The lowest BCUT2D eigenvalue weighted by atomic mass is 10.2. The number of hydrogen-bond acceptors (Lipinski definition) is 4. The summed E-state index contributed by atoms with van der Waals surface area (Å²) in [4.78, 5) is 10.8. The van der Waals surface area contributed by atoms with Crippen molar-refractivity contribution in [2.45, 2.75) is 6.42 Å². The van der Waals surface area contributed by atoms with Crippen LogP contribution in [0.2, 0.25) is 5.15 Å². The summed E-state index contributed by atoms with van der Waals surface area (Å²) in [6.07, 6.45) is 4.46. The van der Waals surface area contributed by atoms with Crippen LogP contribution in [0.25, 0.3) is 11.3 Å². The van der Waals surface area contributed by atoms with Crippen molar-refractivity contribution in [1.29, 1.82) is 0 Å². The number of aryl methyl sites for hydroxylation is 1. The van der Waals surface area contributed by atoms with Crippen LogP contribution in [0, 0.1) is 0 Å². The average molecular weight is 266 g/mol. The van der Waals surface area contributed by atoms with Crippen molar-refractivity contribution in [1.82, 2.24) is 24.6 Å². The van der Waals surface area contributed by atoms with Gasteiger partial charge in [-0.1, -0.05) is 11.6 Å². The van der Waals surface area contributed by atoms with E-state index in [2.05, 4.69) is 20.0 Å². The van der Waals surface area contributed by atoms with Crippen molar-refractivity contribution < 1.29 is 0 Å². The van der Waals surface area contributed by atoms with E-state index in [0.717, 1.165) is 30.0 Å². The molecular weight excluding hydrogens is 250 g/mol. The first-order chi connectivity index (χ1) is 8.54. The lowest BCUT2D eigenvalue weighted by molar-refractivity contribution is 0.409. The minimum Gasteiger partial charge on any atom is -0.309 e. The summed E-state index contributed by atoms with van der Waals surface area (Å²) >= 11 is 6.03. The van der Waals surface area contributed by atoms with E-state index in [0.29, 0.717) is 5.15 Å². The first-order valence-electron chi connectivity index (χ1n) is 5.72. The van der Waals surface area contributed by atoms with E-state index in [1.165, 1.54) is 0 Å². The molecule has 0 fully saturated rings. The SMILES string of the molecule is CN(C)CCc1nc(Cl)cc(-c2cnn(C)c2)n1. The van der Waals surface area contributed by atoms with Gasteiger partial charge in [0, 0.05) is 37.8 Å². The van der Waals surface area contributed by atoms with Crippen LogP contribution in [0.15, 0.2) is 18.5 Å². The summed E-state index contributed by atoms with van der Waals surface area (Å²) in [5, 5.41) is 4.60. The summed E-state index contributed by atoms with van der Waals surface area (Å²) in [7, 11) is 5.92. The maximum Gasteiger partial charge on any atom is 0.133 e. The van der Waals surface area contributed by atoms with Crippen LogP contribution in [0.5, 0.6) is 0 Å². The van der Waals surface area contributed by atoms with Crippen molar-refractivity contribution in [2.24, 2.45) is 7.05 Å². The molecule has 0 aliphatic rings. The Labute approximate surface area is 111 Å². The fourth-order valence-electron chi connectivity index (χ4n) is 1.60. The molecule has 0 N–H and O–H groups in total. The third-order valence-corrected chi connectivity index (χ3v) is 2.72. The highest BCUT2D eigenvalue weighted by Gasteiger charge is 2.07. The number of halogens is 1. The first-order valence-corrected chi connectivity index (χ1v) is 6.09. The van der Waals surface area contributed by atoms with Gasteiger partial charge in [-0.25, -0.2) is 9.97 Å². The fraction of sp³-hybridized carbons (Fsp3) is 0.417. The number of hydrogen-bond donors (Lipinski definition) is 0. The predicted octanol–water partition coefficient (Wildman–Crippen LogP) is 1.63. The third kappa shape index (κ3) is 3.27. The number of rotatable bonds is 4. The maximum atomic E-state index is 6.03. The van der Waals surface area contributed by atoms with Gasteiger partial charge in [0.2, 0.25) is 0 Å². The van der Waals surface area contributed by atoms with Gasteiger partial charge in [-0.2, -0.15) is 5.10 Å². The largest absolute Gasteiger partial charge is 0.309 e. The Hall–Kier alpha value is -1.46. The highest BCUT2D eigenvalue weighted by atomic mass is 35.5. The van der Waals surface area contributed by atoms with E-state index in [9.17, 15) is 0 Å². The van der Waals surface area contributed by atoms with E-state index >= 15 is 0 Å². The van der Waals surface area contributed by atoms with Crippen LogP contribution in [-0.4, -0.2) is 45.3 Å². The molecule has 0 radical (unpaired) electrons. The molecule has 2 aromatic heterocycles. The normalized spacial score (nSPS) is 11.2. The zero-order chi connectivity index (χ0) is 13.1. The predicted molar refractivity (Wildman–Crippen MR) is 71.5 cm³/mol. The zero-order valence-corrected chi connectivity index (χ0v) is 11.5. The number of likely N-dealkylation sites (N-methyl/N-ethyl adjacent to an activating group) is 1. The molecule has 96 valence electrons. The molecule has 6 heteroatoms. The molecule has 2 aromatic rings. The van der Waals surface area contributed by atoms with Gasteiger partial charge in [0.25, 0.3) is 0 Å². The average Bonchev–Trinajstić information content (AvgIpc) is 2.72. The van der Waals surface area contributed by atoms with Crippen LogP contribution in [0.4, 0.5) is 0 Å². The molecule has 2 rings (SSSR count). The van der Waals surface area contributed by atoms with Crippen molar-refractivity contribution >= 4 is 11.6 Å². The van der Waals surface area contributed by atoms with Gasteiger partial charge < -0.3 is 4.90 Å². The Bertz CT molecular complexity index is 535. The second kappa shape index (κ2) is 5.46. The van der Waals surface area contributed by atoms with Gasteiger partial charge in [-0.05, 0) is 14.1 Å². The Balaban J connectivity index is 2.26. The smallest absolute Gasteiger partial charge is 0.133 e. The zero-order valence-electron chi connectivity index (χ0n) is 10.8. The van der Waals surface area contributed by atoms with Gasteiger partial charge >= 0.3 is 0 Å². The lowest BCUT2D eigenvalue weighted by Crippen LogP contribution is -2.16. The van der Waals surface area contributed by atoms with E-state index < -0.39 is 0 Å². The molecular formula is C12H16ClN5. The molecule has 0 bridgehead atoms. The minimum absolute atomic E-state index is 0.470. The molecule has 5 nitrogen and oxygen atoms in total. The van der Waals surface area contributed by atoms with Crippen molar-refractivity contribution in [2.75, 3.05) is 20.6 Å². The molecule has 2 heterocycles. The summed E-state index contributed by atoms with van der Waals surface area (Å²) < 4.78 is 1.74. The molecule has 0 aromatic carbocycles. The maximum absolute atomic E-state index is 6.03. The third-order valence-electron chi connectivity index (χ3n) is 2.52. The molecule has 0 aliphatic heterocycles. The summed E-state index contributed by atoms with van der Waals surface area (Å²) in [6, 6.07) is 1.76. The number of aromatic nitrogens is 4. The van der Waals surface area contributed by atoms with Crippen molar-refractivity contribution in [3.63, 3.8) is 0 Å².